The Hall–Kier alpha value is -1.27. The SMILES string of the molecule is CC(C)(CNC(=O)C1CCCC(C(F)(F)F)C1)C(=O)O. The van der Waals surface area contributed by atoms with Crippen molar-refractivity contribution in [3.05, 3.63) is 0 Å². The molecule has 0 aromatic heterocycles. The molecule has 0 aliphatic heterocycles. The predicted molar refractivity (Wildman–Crippen MR) is 65.9 cm³/mol. The molecule has 1 rings (SSSR count). The molecule has 0 aromatic carbocycles. The Morgan fingerprint density at radius 1 is 1.25 bits per heavy atom. The maximum absolute atomic E-state index is 12.6. The molecule has 1 fully saturated rings. The molecular weight excluding hydrogens is 275 g/mol. The van der Waals surface area contributed by atoms with Crippen molar-refractivity contribution in [1.29, 1.82) is 0 Å². The van der Waals surface area contributed by atoms with E-state index in [1.807, 2.05) is 0 Å². The fourth-order valence-electron chi connectivity index (χ4n) is 2.25. The number of amides is 1. The molecule has 2 unspecified atom stereocenters. The summed E-state index contributed by atoms with van der Waals surface area (Å²) in [6.45, 7) is 2.82. The summed E-state index contributed by atoms with van der Waals surface area (Å²) in [7, 11) is 0. The fourth-order valence-corrected chi connectivity index (χ4v) is 2.25. The van der Waals surface area contributed by atoms with Crippen LogP contribution in [0.15, 0.2) is 0 Å². The highest BCUT2D eigenvalue weighted by molar-refractivity contribution is 5.80. The van der Waals surface area contributed by atoms with Crippen molar-refractivity contribution >= 4 is 11.9 Å². The van der Waals surface area contributed by atoms with Gasteiger partial charge in [0.2, 0.25) is 5.91 Å². The van der Waals surface area contributed by atoms with E-state index in [0.717, 1.165) is 0 Å². The second-order valence-corrected chi connectivity index (χ2v) is 6.01. The van der Waals surface area contributed by atoms with E-state index in [1.54, 1.807) is 0 Å². The standard InChI is InChI=1S/C13H20F3NO3/c1-12(2,11(19)20)7-17-10(18)8-4-3-5-9(6-8)13(14,15)16/h8-9H,3-7H2,1-2H3,(H,17,18)(H,19,20). The number of carboxylic acids is 1. The van der Waals surface area contributed by atoms with Gasteiger partial charge in [0, 0.05) is 12.5 Å². The van der Waals surface area contributed by atoms with Gasteiger partial charge >= 0.3 is 12.1 Å². The zero-order chi connectivity index (χ0) is 15.6. The summed E-state index contributed by atoms with van der Waals surface area (Å²) in [5, 5.41) is 11.4. The number of halogens is 3. The van der Waals surface area contributed by atoms with Crippen LogP contribution < -0.4 is 5.32 Å². The average molecular weight is 295 g/mol. The lowest BCUT2D eigenvalue weighted by Gasteiger charge is -2.30. The van der Waals surface area contributed by atoms with Crippen LogP contribution in [0, 0.1) is 17.3 Å². The van der Waals surface area contributed by atoms with Crippen LogP contribution >= 0.6 is 0 Å². The van der Waals surface area contributed by atoms with Gasteiger partial charge < -0.3 is 10.4 Å². The third-order valence-corrected chi connectivity index (χ3v) is 3.79. The van der Waals surface area contributed by atoms with Gasteiger partial charge in [-0.15, -0.1) is 0 Å². The first-order valence-corrected chi connectivity index (χ1v) is 6.62. The molecule has 4 nitrogen and oxygen atoms in total. The van der Waals surface area contributed by atoms with Crippen LogP contribution in [0.5, 0.6) is 0 Å². The van der Waals surface area contributed by atoms with Gasteiger partial charge in [0.25, 0.3) is 0 Å². The first-order chi connectivity index (χ1) is 9.04. The minimum Gasteiger partial charge on any atom is -0.481 e. The quantitative estimate of drug-likeness (QED) is 0.837. The van der Waals surface area contributed by atoms with Crippen molar-refractivity contribution < 1.29 is 27.9 Å². The molecule has 1 aliphatic carbocycles. The van der Waals surface area contributed by atoms with Crippen LogP contribution in [0.4, 0.5) is 13.2 Å². The first-order valence-electron chi connectivity index (χ1n) is 6.62. The van der Waals surface area contributed by atoms with E-state index in [-0.39, 0.29) is 19.4 Å². The molecular formula is C13H20F3NO3. The largest absolute Gasteiger partial charge is 0.481 e. The number of alkyl halides is 3. The first kappa shape index (κ1) is 16.8. The Balaban J connectivity index is 2.54. The van der Waals surface area contributed by atoms with E-state index in [2.05, 4.69) is 5.32 Å². The summed E-state index contributed by atoms with van der Waals surface area (Å²) < 4.78 is 37.9. The van der Waals surface area contributed by atoms with Crippen LogP contribution in [0.1, 0.15) is 39.5 Å². The van der Waals surface area contributed by atoms with Gasteiger partial charge in [-0.1, -0.05) is 6.42 Å². The number of carbonyl (C=O) groups excluding carboxylic acids is 1. The number of carbonyl (C=O) groups is 2. The summed E-state index contributed by atoms with van der Waals surface area (Å²) in [5.74, 6) is -3.65. The number of aliphatic carboxylic acids is 1. The Kier molecular flexibility index (Phi) is 5.05. The third-order valence-electron chi connectivity index (χ3n) is 3.79. The second-order valence-electron chi connectivity index (χ2n) is 6.01. The Morgan fingerprint density at radius 2 is 1.85 bits per heavy atom. The van der Waals surface area contributed by atoms with Crippen molar-refractivity contribution in [2.24, 2.45) is 17.3 Å². The average Bonchev–Trinajstić information content (AvgIpc) is 2.35. The highest BCUT2D eigenvalue weighted by Gasteiger charge is 2.43. The van der Waals surface area contributed by atoms with Crippen molar-refractivity contribution in [3.63, 3.8) is 0 Å². The number of rotatable bonds is 4. The molecule has 116 valence electrons. The van der Waals surface area contributed by atoms with Crippen LogP contribution in [0.3, 0.4) is 0 Å². The molecule has 0 bridgehead atoms. The highest BCUT2D eigenvalue weighted by atomic mass is 19.4. The van der Waals surface area contributed by atoms with Crippen LogP contribution in [-0.2, 0) is 9.59 Å². The maximum atomic E-state index is 12.6. The number of carboxylic acid groups (broad SMARTS) is 1. The van der Waals surface area contributed by atoms with Gasteiger partial charge in [0.05, 0.1) is 11.3 Å². The molecule has 20 heavy (non-hydrogen) atoms. The molecule has 0 aromatic rings. The maximum Gasteiger partial charge on any atom is 0.391 e. The smallest absolute Gasteiger partial charge is 0.391 e. The minimum atomic E-state index is -4.26. The van der Waals surface area contributed by atoms with E-state index in [4.69, 9.17) is 5.11 Å². The Labute approximate surface area is 115 Å². The molecule has 0 heterocycles. The lowest BCUT2D eigenvalue weighted by molar-refractivity contribution is -0.186. The molecule has 1 amide bonds. The summed E-state index contributed by atoms with van der Waals surface area (Å²) in [6, 6.07) is 0. The van der Waals surface area contributed by atoms with Gasteiger partial charge in [-0.25, -0.2) is 0 Å². The molecule has 0 saturated heterocycles. The van der Waals surface area contributed by atoms with E-state index < -0.39 is 35.3 Å². The Bertz CT molecular complexity index is 380. The van der Waals surface area contributed by atoms with Crippen molar-refractivity contribution in [1.82, 2.24) is 5.32 Å². The van der Waals surface area contributed by atoms with Crippen LogP contribution in [0.2, 0.25) is 0 Å². The molecule has 0 radical (unpaired) electrons. The van der Waals surface area contributed by atoms with E-state index in [0.29, 0.717) is 12.8 Å². The summed E-state index contributed by atoms with van der Waals surface area (Å²) in [4.78, 5) is 22.8. The zero-order valence-electron chi connectivity index (χ0n) is 11.6. The van der Waals surface area contributed by atoms with Gasteiger partial charge in [-0.05, 0) is 33.1 Å². The highest BCUT2D eigenvalue weighted by Crippen LogP contribution is 2.39. The van der Waals surface area contributed by atoms with Gasteiger partial charge in [-0.2, -0.15) is 13.2 Å². The molecule has 1 saturated carbocycles. The van der Waals surface area contributed by atoms with Gasteiger partial charge in [0.1, 0.15) is 0 Å². The molecule has 7 heteroatoms. The Morgan fingerprint density at radius 3 is 2.35 bits per heavy atom. The van der Waals surface area contributed by atoms with E-state index >= 15 is 0 Å². The number of nitrogens with one attached hydrogen (secondary N) is 1. The molecule has 2 atom stereocenters. The molecule has 1 aliphatic rings. The molecule has 0 spiro atoms. The fraction of sp³-hybridized carbons (Fsp3) is 0.846. The van der Waals surface area contributed by atoms with E-state index in [1.165, 1.54) is 13.8 Å². The van der Waals surface area contributed by atoms with Crippen molar-refractivity contribution in [2.75, 3.05) is 6.54 Å². The van der Waals surface area contributed by atoms with E-state index in [9.17, 15) is 22.8 Å². The predicted octanol–water partition coefficient (Wildman–Crippen LogP) is 2.58. The third kappa shape index (κ3) is 4.38. The van der Waals surface area contributed by atoms with Crippen LogP contribution in [-0.4, -0.2) is 29.7 Å². The van der Waals surface area contributed by atoms with Crippen molar-refractivity contribution in [3.8, 4) is 0 Å². The van der Waals surface area contributed by atoms with Gasteiger partial charge in [-0.3, -0.25) is 9.59 Å². The van der Waals surface area contributed by atoms with Gasteiger partial charge in [0.15, 0.2) is 0 Å². The normalized spacial score (nSPS) is 24.2. The lowest BCUT2D eigenvalue weighted by atomic mass is 9.80. The second kappa shape index (κ2) is 6.01. The topological polar surface area (TPSA) is 66.4 Å². The van der Waals surface area contributed by atoms with Crippen LogP contribution in [0.25, 0.3) is 0 Å². The molecule has 2 N–H and O–H groups in total. The zero-order valence-corrected chi connectivity index (χ0v) is 11.6. The summed E-state index contributed by atoms with van der Waals surface area (Å²) in [6.07, 6.45) is -3.62. The van der Waals surface area contributed by atoms with Crippen molar-refractivity contribution in [2.45, 2.75) is 45.7 Å². The summed E-state index contributed by atoms with van der Waals surface area (Å²) in [5.41, 5.74) is -1.13. The summed E-state index contributed by atoms with van der Waals surface area (Å²) >= 11 is 0. The lowest BCUT2D eigenvalue weighted by Crippen LogP contribution is -2.43. The number of hydrogen-bond donors (Lipinski definition) is 2. The number of hydrogen-bond acceptors (Lipinski definition) is 2. The monoisotopic (exact) mass is 295 g/mol. The minimum absolute atomic E-state index is 0.0634.